The Bertz CT molecular complexity index is 165. The molecule has 0 rings (SSSR count). The Labute approximate surface area is 64.1 Å². The van der Waals surface area contributed by atoms with Crippen molar-refractivity contribution in [3.8, 4) is 0 Å². The first-order valence-electron chi connectivity index (χ1n) is 2.72. The first-order valence-corrected chi connectivity index (χ1v) is 2.72. The molecule has 0 aromatic heterocycles. The number of carboxylic acid groups (broad SMARTS) is 2. The predicted octanol–water partition coefficient (Wildman–Crippen LogP) is 0.660. The van der Waals surface area contributed by atoms with Gasteiger partial charge in [0, 0.05) is 6.08 Å². The van der Waals surface area contributed by atoms with E-state index < -0.39 is 12.1 Å². The van der Waals surface area contributed by atoms with E-state index in [0.29, 0.717) is 0 Å². The van der Waals surface area contributed by atoms with E-state index in [4.69, 9.17) is 15.0 Å². The monoisotopic (exact) mass is 161 g/mol. The minimum atomic E-state index is -1.33. The molecular weight excluding hydrogens is 150 g/mol. The molecule has 0 bridgehead atoms. The molecule has 0 aliphatic carbocycles. The van der Waals surface area contributed by atoms with Gasteiger partial charge >= 0.3 is 12.1 Å². The van der Waals surface area contributed by atoms with Crippen molar-refractivity contribution in [1.82, 2.24) is 0 Å². The van der Waals surface area contributed by atoms with Gasteiger partial charge in [0.05, 0.1) is 0 Å². The number of allylic oxidation sites excluding steroid dienone is 1. The van der Waals surface area contributed by atoms with Crippen LogP contribution in [0.3, 0.4) is 0 Å². The number of aliphatic carboxylic acids is 1. The molecule has 0 aliphatic heterocycles. The van der Waals surface area contributed by atoms with Crippen molar-refractivity contribution in [2.24, 2.45) is 5.73 Å². The van der Waals surface area contributed by atoms with E-state index in [-0.39, 0.29) is 0 Å². The molecule has 11 heavy (non-hydrogen) atoms. The van der Waals surface area contributed by atoms with Crippen molar-refractivity contribution in [2.45, 2.75) is 13.8 Å². The molecule has 0 atom stereocenters. The Morgan fingerprint density at radius 1 is 1.27 bits per heavy atom. The number of rotatable bonds is 1. The van der Waals surface area contributed by atoms with Gasteiger partial charge in [-0.05, 0) is 13.8 Å². The normalized spacial score (nSPS) is 7.09. The lowest BCUT2D eigenvalue weighted by molar-refractivity contribution is -0.131. The Kier molecular flexibility index (Phi) is 7.31. The van der Waals surface area contributed by atoms with Gasteiger partial charge in [-0.15, -0.1) is 0 Å². The highest BCUT2D eigenvalue weighted by atomic mass is 16.4. The quantitative estimate of drug-likeness (QED) is 0.491. The molecule has 0 aromatic carbocycles. The van der Waals surface area contributed by atoms with Crippen LogP contribution in [0.25, 0.3) is 0 Å². The van der Waals surface area contributed by atoms with Crippen LogP contribution >= 0.6 is 0 Å². The molecule has 1 amide bonds. The third kappa shape index (κ3) is 57.9. The molecule has 4 N–H and O–H groups in total. The van der Waals surface area contributed by atoms with Crippen LogP contribution in [0.4, 0.5) is 4.79 Å². The zero-order valence-corrected chi connectivity index (χ0v) is 6.37. The van der Waals surface area contributed by atoms with Gasteiger partial charge in [-0.3, -0.25) is 0 Å². The van der Waals surface area contributed by atoms with Crippen molar-refractivity contribution in [3.05, 3.63) is 11.6 Å². The van der Waals surface area contributed by atoms with E-state index in [1.54, 1.807) is 13.8 Å². The molecule has 0 spiro atoms. The van der Waals surface area contributed by atoms with E-state index in [0.717, 1.165) is 5.57 Å². The van der Waals surface area contributed by atoms with Gasteiger partial charge in [0.25, 0.3) is 0 Å². The van der Waals surface area contributed by atoms with Gasteiger partial charge in [-0.2, -0.15) is 0 Å². The molecule has 0 aromatic rings. The van der Waals surface area contributed by atoms with Crippen LogP contribution in [-0.4, -0.2) is 22.3 Å². The molecule has 0 aliphatic rings. The summed E-state index contributed by atoms with van der Waals surface area (Å²) in [7, 11) is 0. The van der Waals surface area contributed by atoms with Crippen molar-refractivity contribution in [2.75, 3.05) is 0 Å². The second-order valence-electron chi connectivity index (χ2n) is 1.90. The number of hydrogen-bond donors (Lipinski definition) is 3. The summed E-state index contributed by atoms with van der Waals surface area (Å²) in [6, 6.07) is 0. The highest BCUT2D eigenvalue weighted by Gasteiger charge is 1.83. The number of amides is 1. The molecule has 0 unspecified atom stereocenters. The maximum atomic E-state index is 9.73. The fourth-order valence-electron chi connectivity index (χ4n) is 0.247. The number of primary amides is 1. The van der Waals surface area contributed by atoms with E-state index in [9.17, 15) is 4.79 Å². The molecule has 0 radical (unpaired) electrons. The summed E-state index contributed by atoms with van der Waals surface area (Å²) in [5, 5.41) is 15.2. The van der Waals surface area contributed by atoms with Gasteiger partial charge in [0.2, 0.25) is 0 Å². The van der Waals surface area contributed by atoms with Crippen LogP contribution in [0.5, 0.6) is 0 Å². The molecule has 0 fully saturated rings. The largest absolute Gasteiger partial charge is 0.478 e. The minimum Gasteiger partial charge on any atom is -0.478 e. The van der Waals surface area contributed by atoms with E-state index in [1.165, 1.54) is 6.08 Å². The lowest BCUT2D eigenvalue weighted by atomic mass is 10.3. The molecular formula is C6H11NO4. The molecule has 64 valence electrons. The third-order valence-electron chi connectivity index (χ3n) is 0.412. The number of nitrogens with two attached hydrogens (primary N) is 1. The summed E-state index contributed by atoms with van der Waals surface area (Å²) in [6.45, 7) is 3.49. The van der Waals surface area contributed by atoms with Crippen LogP contribution < -0.4 is 5.73 Å². The fraction of sp³-hybridized carbons (Fsp3) is 0.333. The van der Waals surface area contributed by atoms with E-state index in [2.05, 4.69) is 5.73 Å². The Hall–Kier alpha value is -1.52. The standard InChI is InChI=1S/C5H8O2.CH3NO2/c1-4(2)3-5(6)7;2-1(3)4/h3H,1-2H3,(H,6,7);2H2,(H,3,4). The molecule has 0 saturated heterocycles. The van der Waals surface area contributed by atoms with Gasteiger partial charge in [0.15, 0.2) is 0 Å². The predicted molar refractivity (Wildman–Crippen MR) is 39.3 cm³/mol. The smallest absolute Gasteiger partial charge is 0.402 e. The maximum Gasteiger partial charge on any atom is 0.402 e. The van der Waals surface area contributed by atoms with Gasteiger partial charge in [-0.25, -0.2) is 9.59 Å². The topological polar surface area (TPSA) is 101 Å². The third-order valence-corrected chi connectivity index (χ3v) is 0.412. The van der Waals surface area contributed by atoms with Crippen molar-refractivity contribution >= 4 is 12.1 Å². The van der Waals surface area contributed by atoms with Crippen LogP contribution in [0.2, 0.25) is 0 Å². The number of hydrogen-bond acceptors (Lipinski definition) is 2. The zero-order valence-electron chi connectivity index (χ0n) is 6.37. The van der Waals surface area contributed by atoms with Gasteiger partial charge < -0.3 is 15.9 Å². The molecule has 0 saturated carbocycles. The SMILES string of the molecule is CC(C)=CC(=O)O.NC(=O)O. The van der Waals surface area contributed by atoms with Crippen LogP contribution in [0.15, 0.2) is 11.6 Å². The lowest BCUT2D eigenvalue weighted by Gasteiger charge is -1.79. The average molecular weight is 161 g/mol. The van der Waals surface area contributed by atoms with Crippen molar-refractivity contribution in [1.29, 1.82) is 0 Å². The van der Waals surface area contributed by atoms with Crippen molar-refractivity contribution in [3.63, 3.8) is 0 Å². The summed E-state index contributed by atoms with van der Waals surface area (Å²) < 4.78 is 0. The molecule has 5 heteroatoms. The van der Waals surface area contributed by atoms with E-state index in [1.807, 2.05) is 0 Å². The first-order chi connectivity index (χ1) is 4.86. The maximum absolute atomic E-state index is 9.73. The average Bonchev–Trinajstić information content (AvgIpc) is 1.56. The van der Waals surface area contributed by atoms with Crippen LogP contribution in [0.1, 0.15) is 13.8 Å². The second-order valence-corrected chi connectivity index (χ2v) is 1.90. The second kappa shape index (κ2) is 6.60. The summed E-state index contributed by atoms with van der Waals surface area (Å²) >= 11 is 0. The van der Waals surface area contributed by atoms with Crippen LogP contribution in [-0.2, 0) is 4.79 Å². The van der Waals surface area contributed by atoms with Gasteiger partial charge in [0.1, 0.15) is 0 Å². The number of carboxylic acids is 1. The van der Waals surface area contributed by atoms with Crippen molar-refractivity contribution < 1.29 is 19.8 Å². The Morgan fingerprint density at radius 3 is 1.55 bits per heavy atom. The summed E-state index contributed by atoms with van der Waals surface area (Å²) in [6.07, 6.45) is -0.167. The Balaban J connectivity index is 0. The summed E-state index contributed by atoms with van der Waals surface area (Å²) in [5.74, 6) is -0.875. The zero-order chi connectivity index (χ0) is 9.44. The molecule has 0 heterocycles. The molecule has 5 nitrogen and oxygen atoms in total. The van der Waals surface area contributed by atoms with E-state index >= 15 is 0 Å². The summed E-state index contributed by atoms with van der Waals surface area (Å²) in [4.78, 5) is 18.5. The van der Waals surface area contributed by atoms with Gasteiger partial charge in [-0.1, -0.05) is 5.57 Å². The minimum absolute atomic E-state index is 0.813. The Morgan fingerprint density at radius 2 is 1.55 bits per heavy atom. The fourth-order valence-corrected chi connectivity index (χ4v) is 0.247. The lowest BCUT2D eigenvalue weighted by Crippen LogP contribution is -2.03. The summed E-state index contributed by atoms with van der Waals surface area (Å²) in [5.41, 5.74) is 4.84. The first kappa shape index (κ1) is 12.2. The van der Waals surface area contributed by atoms with Crippen LogP contribution in [0, 0.1) is 0 Å². The highest BCUT2D eigenvalue weighted by molar-refractivity contribution is 5.80. The highest BCUT2D eigenvalue weighted by Crippen LogP contribution is 1.85. The number of carbonyl (C=O) groups is 2.